The van der Waals surface area contributed by atoms with E-state index >= 15 is 0 Å². The molecular formula is C10H14CoO. The van der Waals surface area contributed by atoms with Gasteiger partial charge in [-0.15, -0.1) is 0 Å². The van der Waals surface area contributed by atoms with E-state index in [1.807, 2.05) is 33.6 Å². The van der Waals surface area contributed by atoms with E-state index in [-0.39, 0.29) is 22.2 Å². The van der Waals surface area contributed by atoms with E-state index in [0.717, 1.165) is 0 Å². The largest absolute Gasteiger partial charge is 0.232 e. The molecule has 0 bridgehead atoms. The predicted molar refractivity (Wildman–Crippen MR) is 46.7 cm³/mol. The summed E-state index contributed by atoms with van der Waals surface area (Å²) in [6.07, 6.45) is 0.673. The minimum Gasteiger partial charge on any atom is -0.232 e. The van der Waals surface area contributed by atoms with E-state index in [1.54, 1.807) is 0 Å². The first-order valence-electron chi connectivity index (χ1n) is 3.76. The zero-order valence-electron chi connectivity index (χ0n) is 7.95. The Kier molecular flexibility index (Phi) is 7.13. The zero-order chi connectivity index (χ0) is 8.91. The van der Waals surface area contributed by atoms with Crippen LogP contribution in [0.1, 0.15) is 34.1 Å². The summed E-state index contributed by atoms with van der Waals surface area (Å²) in [6.45, 7) is 7.94. The quantitative estimate of drug-likeness (QED) is 0.478. The second-order valence-corrected chi connectivity index (χ2v) is 3.43. The van der Waals surface area contributed by atoms with Gasteiger partial charge < -0.3 is 0 Å². The van der Waals surface area contributed by atoms with Crippen molar-refractivity contribution in [3.8, 4) is 11.8 Å². The molecule has 0 N–H and O–H groups in total. The number of hydrogen-bond donors (Lipinski definition) is 0. The predicted octanol–water partition coefficient (Wildman–Crippen LogP) is 2.20. The summed E-state index contributed by atoms with van der Waals surface area (Å²) in [6, 6.07) is 0. The summed E-state index contributed by atoms with van der Waals surface area (Å²) in [5, 5.41) is 0. The molecule has 12 heavy (non-hydrogen) atoms. The first-order chi connectivity index (χ1) is 4.99. The molecule has 0 atom stereocenters. The van der Waals surface area contributed by atoms with Crippen LogP contribution in [0.15, 0.2) is 5.57 Å². The molecule has 0 aromatic heterocycles. The monoisotopic (exact) mass is 209 g/mol. The molecular weight excluding hydrogens is 195 g/mol. The molecule has 0 unspecified atom stereocenters. The van der Waals surface area contributed by atoms with Gasteiger partial charge >= 0.3 is 0 Å². The molecule has 1 radical (unpaired) electrons. The Bertz CT molecular complexity index is 231. The third-order valence-corrected chi connectivity index (χ3v) is 1.07. The minimum absolute atomic E-state index is 0. The molecule has 0 spiro atoms. The van der Waals surface area contributed by atoms with Crippen LogP contribution in [0.4, 0.5) is 0 Å². The third-order valence-electron chi connectivity index (χ3n) is 1.07. The van der Waals surface area contributed by atoms with Crippen LogP contribution in [0.3, 0.4) is 0 Å². The number of carbonyl (C=O) groups excluding carboxylic acids is 1. The van der Waals surface area contributed by atoms with Crippen LogP contribution >= 0.6 is 0 Å². The summed E-state index contributed by atoms with van der Waals surface area (Å²) in [5.41, 5.74) is 0.525. The standard InChI is InChI=1S/C10H14O.Co/c1-5-9(8-11)6-7-10(2,3)4;/h5H2,1-4H3;. The van der Waals surface area contributed by atoms with Gasteiger partial charge in [0.2, 0.25) is 0 Å². The van der Waals surface area contributed by atoms with E-state index in [4.69, 9.17) is 0 Å². The topological polar surface area (TPSA) is 17.1 Å². The average molecular weight is 209 g/mol. The van der Waals surface area contributed by atoms with Crippen LogP contribution < -0.4 is 0 Å². The molecule has 0 amide bonds. The molecule has 0 fully saturated rings. The summed E-state index contributed by atoms with van der Waals surface area (Å²) in [7, 11) is 0. The first-order valence-corrected chi connectivity index (χ1v) is 3.76. The van der Waals surface area contributed by atoms with Crippen molar-refractivity contribution in [2.24, 2.45) is 5.41 Å². The second-order valence-electron chi connectivity index (χ2n) is 3.43. The Balaban J connectivity index is 0. The molecule has 0 saturated carbocycles. The Hall–Kier alpha value is -0.484. The summed E-state index contributed by atoms with van der Waals surface area (Å²) in [4.78, 5) is 10.2. The molecule has 0 aliphatic heterocycles. The van der Waals surface area contributed by atoms with Crippen LogP contribution in [0, 0.1) is 17.3 Å². The van der Waals surface area contributed by atoms with E-state index in [0.29, 0.717) is 12.0 Å². The fourth-order valence-electron chi connectivity index (χ4n) is 0.449. The molecule has 2 heteroatoms. The van der Waals surface area contributed by atoms with Crippen LogP contribution in [-0.2, 0) is 21.6 Å². The van der Waals surface area contributed by atoms with E-state index in [2.05, 4.69) is 11.8 Å². The maximum absolute atomic E-state index is 10.2. The molecule has 0 aliphatic carbocycles. The summed E-state index contributed by atoms with van der Waals surface area (Å²) in [5.74, 6) is 7.59. The van der Waals surface area contributed by atoms with E-state index < -0.39 is 0 Å². The van der Waals surface area contributed by atoms with Crippen molar-refractivity contribution in [2.45, 2.75) is 34.1 Å². The van der Waals surface area contributed by atoms with Crippen molar-refractivity contribution in [1.29, 1.82) is 0 Å². The second kappa shape index (κ2) is 6.08. The first kappa shape index (κ1) is 14.1. The zero-order valence-corrected chi connectivity index (χ0v) is 8.99. The van der Waals surface area contributed by atoms with Gasteiger partial charge in [-0.1, -0.05) is 18.8 Å². The summed E-state index contributed by atoms with van der Waals surface area (Å²) >= 11 is 0. The van der Waals surface area contributed by atoms with E-state index in [9.17, 15) is 4.79 Å². The van der Waals surface area contributed by atoms with Crippen LogP contribution in [0.5, 0.6) is 0 Å². The SMILES string of the molecule is CCC(=C=O)C#CC(C)(C)C.[Co]. The number of allylic oxidation sites excluding steroid dienone is 1. The Morgan fingerprint density at radius 3 is 2.08 bits per heavy atom. The van der Waals surface area contributed by atoms with Gasteiger partial charge in [-0.05, 0) is 27.2 Å². The summed E-state index contributed by atoms with van der Waals surface area (Å²) < 4.78 is 0. The van der Waals surface area contributed by atoms with Crippen LogP contribution in [0.2, 0.25) is 0 Å². The Morgan fingerprint density at radius 1 is 1.33 bits per heavy atom. The molecule has 0 heterocycles. The maximum Gasteiger partial charge on any atom is 0.137 e. The molecule has 69 valence electrons. The van der Waals surface area contributed by atoms with Crippen molar-refractivity contribution >= 4 is 5.94 Å². The van der Waals surface area contributed by atoms with Gasteiger partial charge in [0, 0.05) is 22.2 Å². The van der Waals surface area contributed by atoms with Gasteiger partial charge in [0.15, 0.2) is 0 Å². The van der Waals surface area contributed by atoms with Crippen molar-refractivity contribution < 1.29 is 21.6 Å². The fraction of sp³-hybridized carbons (Fsp3) is 0.600. The Labute approximate surface area is 84.8 Å². The molecule has 0 aliphatic rings. The van der Waals surface area contributed by atoms with Crippen molar-refractivity contribution in [1.82, 2.24) is 0 Å². The van der Waals surface area contributed by atoms with Gasteiger partial charge in [0.1, 0.15) is 5.94 Å². The van der Waals surface area contributed by atoms with E-state index in [1.165, 1.54) is 0 Å². The van der Waals surface area contributed by atoms with Crippen LogP contribution in [-0.4, -0.2) is 5.94 Å². The smallest absolute Gasteiger partial charge is 0.137 e. The molecule has 1 nitrogen and oxygen atoms in total. The van der Waals surface area contributed by atoms with Gasteiger partial charge in [0.25, 0.3) is 0 Å². The molecule has 0 saturated heterocycles. The molecule has 0 aromatic carbocycles. The van der Waals surface area contributed by atoms with Crippen molar-refractivity contribution in [2.75, 3.05) is 0 Å². The average Bonchev–Trinajstić information content (AvgIpc) is 1.88. The number of rotatable bonds is 1. The van der Waals surface area contributed by atoms with Gasteiger partial charge in [-0.25, -0.2) is 4.79 Å². The Morgan fingerprint density at radius 2 is 1.83 bits per heavy atom. The molecule has 0 aromatic rings. The minimum atomic E-state index is -0.0305. The van der Waals surface area contributed by atoms with Gasteiger partial charge in [0.05, 0.1) is 5.57 Å². The number of hydrogen-bond acceptors (Lipinski definition) is 1. The van der Waals surface area contributed by atoms with Crippen molar-refractivity contribution in [3.63, 3.8) is 0 Å². The normalized spacial score (nSPS) is 8.67. The maximum atomic E-state index is 10.2. The molecule has 0 rings (SSSR count). The third kappa shape index (κ3) is 7.62. The fourth-order valence-corrected chi connectivity index (χ4v) is 0.449. The van der Waals surface area contributed by atoms with Gasteiger partial charge in [-0.3, -0.25) is 0 Å². The van der Waals surface area contributed by atoms with Gasteiger partial charge in [-0.2, -0.15) is 0 Å². The van der Waals surface area contributed by atoms with Crippen LogP contribution in [0.25, 0.3) is 0 Å². The van der Waals surface area contributed by atoms with Crippen molar-refractivity contribution in [3.05, 3.63) is 5.57 Å².